The molecule has 0 radical (unpaired) electrons. The summed E-state index contributed by atoms with van der Waals surface area (Å²) >= 11 is 0. The minimum atomic E-state index is -0.359. The van der Waals surface area contributed by atoms with E-state index in [0.29, 0.717) is 12.1 Å². The van der Waals surface area contributed by atoms with Gasteiger partial charge in [-0.3, -0.25) is 14.6 Å². The number of nitrogens with zero attached hydrogens (tertiary/aromatic N) is 3. The Hall–Kier alpha value is -2.64. The highest BCUT2D eigenvalue weighted by atomic mass is 16.4. The van der Waals surface area contributed by atoms with Gasteiger partial charge in [-0.05, 0) is 19.1 Å². The molecular weight excluding hydrogens is 262 g/mol. The maximum absolute atomic E-state index is 12.2. The molecule has 0 aliphatic rings. The van der Waals surface area contributed by atoms with Crippen LogP contribution >= 0.6 is 0 Å². The quantitative estimate of drug-likeness (QED) is 0.287. The second-order valence-corrected chi connectivity index (χ2v) is 3.91. The van der Waals surface area contributed by atoms with E-state index in [9.17, 15) is 9.59 Å². The monoisotopic (exact) mass is 279 g/mol. The smallest absolute Gasteiger partial charge is 0.272 e. The first-order valence-corrected chi connectivity index (χ1v) is 5.97. The number of amidine groups is 1. The molecule has 0 saturated carbocycles. The molecule has 1 heterocycles. The lowest BCUT2D eigenvalue weighted by Crippen LogP contribution is -2.39. The second kappa shape index (κ2) is 7.07. The van der Waals surface area contributed by atoms with Gasteiger partial charge < -0.3 is 21.2 Å². The van der Waals surface area contributed by atoms with Crippen LogP contribution in [0.15, 0.2) is 23.5 Å². The van der Waals surface area contributed by atoms with Crippen LogP contribution in [-0.2, 0) is 4.79 Å². The molecule has 108 valence electrons. The van der Waals surface area contributed by atoms with E-state index < -0.39 is 0 Å². The van der Waals surface area contributed by atoms with Gasteiger partial charge in [-0.15, -0.1) is 0 Å². The number of pyridine rings is 1. The number of hydrogen-bond donors (Lipinski definition) is 3. The van der Waals surface area contributed by atoms with Crippen LogP contribution in [0, 0.1) is 0 Å². The summed E-state index contributed by atoms with van der Waals surface area (Å²) in [6, 6.07) is 2.98. The van der Waals surface area contributed by atoms with Crippen LogP contribution in [-0.4, -0.2) is 52.9 Å². The van der Waals surface area contributed by atoms with Crippen LogP contribution in [0.2, 0.25) is 0 Å². The van der Waals surface area contributed by atoms with Gasteiger partial charge in [0.25, 0.3) is 5.91 Å². The number of oxime groups is 1. The molecule has 0 spiro atoms. The van der Waals surface area contributed by atoms with Crippen LogP contribution in [0.25, 0.3) is 0 Å². The second-order valence-electron chi connectivity index (χ2n) is 3.91. The number of aromatic nitrogens is 1. The molecule has 0 saturated heterocycles. The third kappa shape index (κ3) is 3.67. The number of carbonyl (C=O) groups is 2. The van der Waals surface area contributed by atoms with Crippen molar-refractivity contribution >= 4 is 17.6 Å². The summed E-state index contributed by atoms with van der Waals surface area (Å²) in [5, 5.41) is 13.8. The zero-order valence-corrected chi connectivity index (χ0v) is 11.3. The lowest BCUT2D eigenvalue weighted by molar-refractivity contribution is -0.121. The fourth-order valence-electron chi connectivity index (χ4n) is 1.47. The fourth-order valence-corrected chi connectivity index (χ4v) is 1.47. The highest BCUT2D eigenvalue weighted by Gasteiger charge is 2.18. The molecule has 20 heavy (non-hydrogen) atoms. The third-order valence-corrected chi connectivity index (χ3v) is 2.67. The van der Waals surface area contributed by atoms with E-state index in [1.807, 2.05) is 0 Å². The molecule has 0 aliphatic heterocycles. The fraction of sp³-hybridized carbons (Fsp3) is 0.333. The highest BCUT2D eigenvalue weighted by Crippen LogP contribution is 2.04. The van der Waals surface area contributed by atoms with Crippen molar-refractivity contribution in [1.82, 2.24) is 15.2 Å². The molecule has 0 aliphatic carbocycles. The first-order valence-electron chi connectivity index (χ1n) is 5.97. The summed E-state index contributed by atoms with van der Waals surface area (Å²) in [6.45, 7) is 2.12. The van der Waals surface area contributed by atoms with E-state index in [1.165, 1.54) is 30.3 Å². The topological polar surface area (TPSA) is 121 Å². The Labute approximate surface area is 116 Å². The zero-order chi connectivity index (χ0) is 15.1. The molecule has 1 rings (SSSR count). The standard InChI is InChI=1S/C12H17N5O3/c1-3-17(7-10(18)14-2)12(19)9-5-4-8(6-15-9)11(13)16-20/h4-6,20H,3,7H2,1-2H3,(H2,13,16)(H,14,18). The summed E-state index contributed by atoms with van der Waals surface area (Å²) in [7, 11) is 1.50. The van der Waals surface area contributed by atoms with Crippen molar-refractivity contribution in [2.24, 2.45) is 10.9 Å². The van der Waals surface area contributed by atoms with Crippen LogP contribution in [0.3, 0.4) is 0 Å². The number of likely N-dealkylation sites (N-methyl/N-ethyl adjacent to an activating group) is 2. The average Bonchev–Trinajstić information content (AvgIpc) is 2.50. The Morgan fingerprint density at radius 2 is 2.20 bits per heavy atom. The van der Waals surface area contributed by atoms with Crippen LogP contribution in [0.4, 0.5) is 0 Å². The summed E-state index contributed by atoms with van der Waals surface area (Å²) in [6.07, 6.45) is 1.33. The molecule has 4 N–H and O–H groups in total. The first kappa shape index (κ1) is 15.4. The summed E-state index contributed by atoms with van der Waals surface area (Å²) in [5.41, 5.74) is 5.99. The van der Waals surface area contributed by atoms with Crippen molar-refractivity contribution in [1.29, 1.82) is 0 Å². The van der Waals surface area contributed by atoms with E-state index >= 15 is 0 Å². The van der Waals surface area contributed by atoms with E-state index in [2.05, 4.69) is 15.5 Å². The minimum absolute atomic E-state index is 0.0322. The molecule has 0 unspecified atom stereocenters. The number of carbonyl (C=O) groups excluding carboxylic acids is 2. The Morgan fingerprint density at radius 3 is 2.65 bits per heavy atom. The molecule has 8 nitrogen and oxygen atoms in total. The average molecular weight is 279 g/mol. The Morgan fingerprint density at radius 1 is 1.50 bits per heavy atom. The molecule has 1 aromatic rings. The van der Waals surface area contributed by atoms with E-state index in [1.54, 1.807) is 6.92 Å². The van der Waals surface area contributed by atoms with Gasteiger partial charge in [-0.1, -0.05) is 5.16 Å². The largest absolute Gasteiger partial charge is 0.409 e. The van der Waals surface area contributed by atoms with Crippen LogP contribution in [0.1, 0.15) is 23.0 Å². The van der Waals surface area contributed by atoms with Crippen LogP contribution in [0.5, 0.6) is 0 Å². The molecule has 0 bridgehead atoms. The molecular formula is C12H17N5O3. The Balaban J connectivity index is 2.88. The molecule has 1 aromatic heterocycles. The number of nitrogens with one attached hydrogen (secondary N) is 1. The molecule has 2 amide bonds. The first-order chi connectivity index (χ1) is 9.53. The number of rotatable bonds is 5. The van der Waals surface area contributed by atoms with Crippen molar-refractivity contribution in [3.05, 3.63) is 29.6 Å². The van der Waals surface area contributed by atoms with Crippen molar-refractivity contribution in [3.63, 3.8) is 0 Å². The maximum Gasteiger partial charge on any atom is 0.272 e. The van der Waals surface area contributed by atoms with Crippen molar-refractivity contribution in [2.75, 3.05) is 20.1 Å². The van der Waals surface area contributed by atoms with Crippen LogP contribution < -0.4 is 11.1 Å². The summed E-state index contributed by atoms with van der Waals surface area (Å²) in [5.74, 6) is -0.704. The van der Waals surface area contributed by atoms with Gasteiger partial charge in [-0.25, -0.2) is 0 Å². The van der Waals surface area contributed by atoms with Crippen molar-refractivity contribution < 1.29 is 14.8 Å². The SMILES string of the molecule is CCN(CC(=O)NC)C(=O)c1ccc(C(N)=NO)cn1. The van der Waals surface area contributed by atoms with Gasteiger partial charge in [0.2, 0.25) is 5.91 Å². The van der Waals surface area contributed by atoms with Gasteiger partial charge in [0.15, 0.2) is 5.84 Å². The maximum atomic E-state index is 12.2. The van der Waals surface area contributed by atoms with Gasteiger partial charge in [0.05, 0.1) is 6.54 Å². The summed E-state index contributed by atoms with van der Waals surface area (Å²) in [4.78, 5) is 28.8. The Bertz CT molecular complexity index is 512. The number of amides is 2. The highest BCUT2D eigenvalue weighted by molar-refractivity contribution is 5.98. The lowest BCUT2D eigenvalue weighted by Gasteiger charge is -2.19. The lowest BCUT2D eigenvalue weighted by atomic mass is 10.2. The van der Waals surface area contributed by atoms with E-state index in [-0.39, 0.29) is 29.9 Å². The van der Waals surface area contributed by atoms with Crippen molar-refractivity contribution in [2.45, 2.75) is 6.92 Å². The zero-order valence-electron chi connectivity index (χ0n) is 11.3. The summed E-state index contributed by atoms with van der Waals surface area (Å²) < 4.78 is 0. The third-order valence-electron chi connectivity index (χ3n) is 2.67. The van der Waals surface area contributed by atoms with Gasteiger partial charge in [0.1, 0.15) is 5.69 Å². The minimum Gasteiger partial charge on any atom is -0.409 e. The van der Waals surface area contributed by atoms with Gasteiger partial charge in [0, 0.05) is 25.4 Å². The molecule has 0 atom stereocenters. The number of hydrogen-bond acceptors (Lipinski definition) is 5. The molecule has 0 fully saturated rings. The predicted octanol–water partition coefficient (Wildman–Crippen LogP) is -0.616. The molecule has 0 aromatic carbocycles. The van der Waals surface area contributed by atoms with Crippen molar-refractivity contribution in [3.8, 4) is 0 Å². The van der Waals surface area contributed by atoms with E-state index in [4.69, 9.17) is 10.9 Å². The number of nitrogens with two attached hydrogens (primary N) is 1. The van der Waals surface area contributed by atoms with Gasteiger partial charge >= 0.3 is 0 Å². The van der Waals surface area contributed by atoms with Gasteiger partial charge in [-0.2, -0.15) is 0 Å². The van der Waals surface area contributed by atoms with E-state index in [0.717, 1.165) is 0 Å². The predicted molar refractivity (Wildman–Crippen MR) is 72.4 cm³/mol. The molecule has 8 heteroatoms. The normalized spacial score (nSPS) is 11.0. The Kier molecular flexibility index (Phi) is 5.45.